The van der Waals surface area contributed by atoms with Crippen LogP contribution in [0.2, 0.25) is 0 Å². The van der Waals surface area contributed by atoms with Gasteiger partial charge in [-0.15, -0.1) is 0 Å². The fourth-order valence-corrected chi connectivity index (χ4v) is 10.7. The summed E-state index contributed by atoms with van der Waals surface area (Å²) < 4.78 is 134. The van der Waals surface area contributed by atoms with E-state index in [-0.39, 0.29) is 79.3 Å². The molecule has 560 valence electrons. The summed E-state index contributed by atoms with van der Waals surface area (Å²) in [6, 6.07) is 0. The van der Waals surface area contributed by atoms with Crippen molar-refractivity contribution >= 4 is 0 Å². The monoisotopic (exact) mass is 1370 g/mol. The molecule has 0 aromatic carbocycles. The Balaban J connectivity index is 0.000000617. The fourth-order valence-electron chi connectivity index (χ4n) is 10.7. The molecule has 8 N–H and O–H groups in total. The summed E-state index contributed by atoms with van der Waals surface area (Å²) in [5, 5.41) is 84.9. The van der Waals surface area contributed by atoms with Crippen LogP contribution in [-0.2, 0) is 104 Å². The lowest BCUT2D eigenvalue weighted by molar-refractivity contribution is -0.378. The standard InChI is InChI=1S/C44H86O19.C20H38O11/c1-9-27(45)17-53-25-35-37(55-19-29(47)11-3)39(56-20-30(48)12-4)42(59-23-33(51)15-7)44(62-35)63-38-36(26-54-18-28(46)10-2)61-43(60-24-34(52)16-8)41(58-22-32(50)14-6)40(38)57-21-31(49)13-5;1-21-9-11-13(23-3)15(24-4)18(27-7)20(30-11)31-14-12(10-22-2)29-19(28-8)17(26-6)16(14)25-5/h27-52H,9-26H2,1-8H3;11-20H,9-10H2,1-8H3/t27?,28?,29?,30?,31?,32?,33?,34?,35-,36-,37-,38-,39+,40+,41-,42-,43-,44+;11-,12-,13-,14-,15+,16+,17-,18-,19-,20+/m11/s1. The third-order valence-electron chi connectivity index (χ3n) is 17.0. The van der Waals surface area contributed by atoms with Crippen molar-refractivity contribution in [3.8, 4) is 0 Å². The molecular formula is C64H124O30. The highest BCUT2D eigenvalue weighted by Crippen LogP contribution is 2.38. The largest absolute Gasteiger partial charge is 0.391 e. The molecule has 28 atom stereocenters. The number of ether oxygens (including phenoxy) is 22. The molecular weight excluding hydrogens is 1250 g/mol. The Hall–Kier alpha value is -1.20. The summed E-state index contributed by atoms with van der Waals surface area (Å²) >= 11 is 0. The van der Waals surface area contributed by atoms with Crippen molar-refractivity contribution in [2.24, 2.45) is 0 Å². The van der Waals surface area contributed by atoms with Gasteiger partial charge in [0.05, 0.1) is 128 Å². The van der Waals surface area contributed by atoms with Crippen LogP contribution in [0.25, 0.3) is 0 Å². The topological polar surface area (TPSA) is 365 Å². The number of hydrogen-bond donors (Lipinski definition) is 8. The zero-order valence-corrected chi connectivity index (χ0v) is 58.9. The average molecular weight is 1370 g/mol. The zero-order valence-electron chi connectivity index (χ0n) is 58.9. The average Bonchev–Trinajstić information content (AvgIpc) is 0.783. The van der Waals surface area contributed by atoms with Gasteiger partial charge in [-0.2, -0.15) is 0 Å². The van der Waals surface area contributed by atoms with E-state index in [1.165, 1.54) is 0 Å². The molecule has 0 bridgehead atoms. The summed E-state index contributed by atoms with van der Waals surface area (Å²) in [7, 11) is 12.6. The first-order chi connectivity index (χ1) is 45.2. The predicted molar refractivity (Wildman–Crippen MR) is 336 cm³/mol. The van der Waals surface area contributed by atoms with Gasteiger partial charge in [-0.1, -0.05) is 55.4 Å². The second-order valence-corrected chi connectivity index (χ2v) is 23.9. The molecule has 0 amide bonds. The van der Waals surface area contributed by atoms with Crippen LogP contribution in [0.5, 0.6) is 0 Å². The predicted octanol–water partition coefficient (Wildman–Crippen LogP) is 0.800. The molecule has 94 heavy (non-hydrogen) atoms. The lowest BCUT2D eigenvalue weighted by Gasteiger charge is -2.50. The Labute approximate surface area is 558 Å². The van der Waals surface area contributed by atoms with E-state index in [2.05, 4.69) is 0 Å². The summed E-state index contributed by atoms with van der Waals surface area (Å²) in [4.78, 5) is 0. The Kier molecular flexibility index (Phi) is 45.0. The minimum atomic E-state index is -1.39. The van der Waals surface area contributed by atoms with Crippen LogP contribution in [0.15, 0.2) is 0 Å². The van der Waals surface area contributed by atoms with Crippen LogP contribution in [0, 0.1) is 0 Å². The van der Waals surface area contributed by atoms with Crippen molar-refractivity contribution in [1.82, 2.24) is 0 Å². The van der Waals surface area contributed by atoms with Gasteiger partial charge in [0.25, 0.3) is 0 Å². The Bertz CT molecular complexity index is 1840. The molecule has 0 aromatic rings. The van der Waals surface area contributed by atoms with Crippen molar-refractivity contribution < 1.29 is 145 Å². The van der Waals surface area contributed by atoms with Crippen LogP contribution in [0.4, 0.5) is 0 Å². The zero-order chi connectivity index (χ0) is 69.9. The van der Waals surface area contributed by atoms with Gasteiger partial charge in [-0.3, -0.25) is 0 Å². The lowest BCUT2D eigenvalue weighted by atomic mass is 9.95. The van der Waals surface area contributed by atoms with Gasteiger partial charge in [0.2, 0.25) is 0 Å². The molecule has 4 heterocycles. The van der Waals surface area contributed by atoms with E-state index in [0.717, 1.165) is 0 Å². The van der Waals surface area contributed by atoms with Crippen LogP contribution in [0.1, 0.15) is 107 Å². The molecule has 30 heteroatoms. The smallest absolute Gasteiger partial charge is 0.187 e. The van der Waals surface area contributed by atoms with E-state index in [4.69, 9.17) is 104 Å². The fraction of sp³-hybridized carbons (Fsp3) is 1.00. The van der Waals surface area contributed by atoms with Crippen molar-refractivity contribution in [2.75, 3.05) is 136 Å². The molecule has 4 rings (SSSR count). The van der Waals surface area contributed by atoms with Crippen molar-refractivity contribution in [3.63, 3.8) is 0 Å². The van der Waals surface area contributed by atoms with E-state index >= 15 is 0 Å². The number of hydrogen-bond acceptors (Lipinski definition) is 30. The molecule has 4 aliphatic rings. The van der Waals surface area contributed by atoms with Crippen LogP contribution in [-0.4, -0.2) is 349 Å². The van der Waals surface area contributed by atoms with Crippen molar-refractivity contribution in [2.45, 2.75) is 278 Å². The lowest BCUT2D eigenvalue weighted by Crippen LogP contribution is -2.67. The molecule has 0 aromatic heterocycles. The molecule has 30 nitrogen and oxygen atoms in total. The first kappa shape index (κ1) is 87.0. The molecule has 0 aliphatic carbocycles. The van der Waals surface area contributed by atoms with Gasteiger partial charge in [0, 0.05) is 56.9 Å². The summed E-state index contributed by atoms with van der Waals surface area (Å²) in [6.07, 6.45) is -20.5. The number of aliphatic hydroxyl groups excluding tert-OH is 8. The van der Waals surface area contributed by atoms with Crippen molar-refractivity contribution in [3.05, 3.63) is 0 Å². The number of aliphatic hydroxyl groups is 8. The molecule has 0 radical (unpaired) electrons. The Morgan fingerprint density at radius 1 is 0.245 bits per heavy atom. The number of methoxy groups -OCH3 is 8. The maximum atomic E-state index is 10.8. The quantitative estimate of drug-likeness (QED) is 0.0418. The van der Waals surface area contributed by atoms with E-state index in [9.17, 15) is 40.9 Å². The normalized spacial score (nSPS) is 34.2. The minimum Gasteiger partial charge on any atom is -0.391 e. The first-order valence-electron chi connectivity index (χ1n) is 33.6. The molecule has 4 fully saturated rings. The summed E-state index contributed by atoms with van der Waals surface area (Å²) in [6.45, 7) is 13.7. The van der Waals surface area contributed by atoms with Gasteiger partial charge in [-0.05, 0) is 51.4 Å². The third-order valence-corrected chi connectivity index (χ3v) is 17.0. The first-order valence-corrected chi connectivity index (χ1v) is 33.6. The molecule has 8 unspecified atom stereocenters. The van der Waals surface area contributed by atoms with E-state index in [1.807, 2.05) is 13.8 Å². The Morgan fingerprint density at radius 2 is 0.511 bits per heavy atom. The van der Waals surface area contributed by atoms with Crippen molar-refractivity contribution in [1.29, 1.82) is 0 Å². The highest BCUT2D eigenvalue weighted by atomic mass is 16.8. The summed E-state index contributed by atoms with van der Waals surface area (Å²) in [5.41, 5.74) is 0. The highest BCUT2D eigenvalue weighted by Gasteiger charge is 2.57. The summed E-state index contributed by atoms with van der Waals surface area (Å²) in [5.74, 6) is 0. The van der Waals surface area contributed by atoms with Gasteiger partial charge in [0.1, 0.15) is 97.7 Å². The van der Waals surface area contributed by atoms with Crippen LogP contribution in [0.3, 0.4) is 0 Å². The number of rotatable bonds is 48. The van der Waals surface area contributed by atoms with Crippen LogP contribution >= 0.6 is 0 Å². The second kappa shape index (κ2) is 48.6. The molecule has 4 saturated heterocycles. The maximum absolute atomic E-state index is 10.8. The van der Waals surface area contributed by atoms with E-state index < -0.39 is 172 Å². The minimum absolute atomic E-state index is 0.0270. The molecule has 0 saturated carbocycles. The molecule has 4 aliphatic heterocycles. The van der Waals surface area contributed by atoms with Gasteiger partial charge in [-0.25, -0.2) is 0 Å². The van der Waals surface area contributed by atoms with Crippen LogP contribution < -0.4 is 0 Å². The van der Waals surface area contributed by atoms with E-state index in [1.54, 1.807) is 98.4 Å². The van der Waals surface area contributed by atoms with Gasteiger partial charge < -0.3 is 145 Å². The highest BCUT2D eigenvalue weighted by molar-refractivity contribution is 5.00. The Morgan fingerprint density at radius 3 is 0.894 bits per heavy atom. The second-order valence-electron chi connectivity index (χ2n) is 23.9. The van der Waals surface area contributed by atoms with E-state index in [0.29, 0.717) is 51.4 Å². The molecule has 0 spiro atoms. The van der Waals surface area contributed by atoms with Gasteiger partial charge in [0.15, 0.2) is 25.2 Å². The third kappa shape index (κ3) is 27.6. The maximum Gasteiger partial charge on any atom is 0.187 e. The van der Waals surface area contributed by atoms with Gasteiger partial charge >= 0.3 is 0 Å². The SMILES string of the molecule is CCC(O)COC[C@H]1O[C@@H](O[C@H]2[C@H](OCC(O)CC)[C@@H](OCC(O)CC)[C@H](OCC(O)CC)O[C@@H]2COCC(O)CC)[C@H](OCC(O)CC)[C@@H](OCC(O)CC)[C@@H]1OCC(O)CC.COC[C@H]1O[C@@H](O[C@H]2[C@H](OC)[C@@H](OC)[C@H](OC)O[C@@H]2COC)[C@H](OC)[C@@H](OC)[C@@H]1OC.